The molecule has 0 amide bonds. The maximum absolute atomic E-state index is 5.67. The predicted molar refractivity (Wildman–Crippen MR) is 109 cm³/mol. The van der Waals surface area contributed by atoms with E-state index >= 15 is 0 Å². The summed E-state index contributed by atoms with van der Waals surface area (Å²) >= 11 is 5.67. The van der Waals surface area contributed by atoms with Crippen LogP contribution in [0, 0.1) is 4.77 Å². The number of methoxy groups -OCH3 is 1. The van der Waals surface area contributed by atoms with E-state index in [1.807, 2.05) is 40.6 Å². The van der Waals surface area contributed by atoms with Crippen LogP contribution in [-0.2, 0) is 13.7 Å². The number of rotatable bonds is 5. The van der Waals surface area contributed by atoms with Crippen LogP contribution in [0.2, 0.25) is 0 Å². The lowest BCUT2D eigenvalue weighted by atomic mass is 10.1. The molecule has 27 heavy (non-hydrogen) atoms. The second-order valence-corrected chi connectivity index (χ2v) is 7.28. The van der Waals surface area contributed by atoms with Crippen molar-refractivity contribution in [1.29, 1.82) is 0 Å². The molecule has 2 aromatic carbocycles. The number of benzene rings is 2. The van der Waals surface area contributed by atoms with Gasteiger partial charge in [-0.2, -0.15) is 5.10 Å². The summed E-state index contributed by atoms with van der Waals surface area (Å²) in [6, 6.07) is 19.1. The third-order valence-corrected chi connectivity index (χ3v) is 5.72. The van der Waals surface area contributed by atoms with Gasteiger partial charge in [0.15, 0.2) is 10.6 Å². The molecular weight excluding hydrogens is 356 g/mol. The van der Waals surface area contributed by atoms with Gasteiger partial charge in [-0.25, -0.2) is 4.68 Å². The highest BCUT2D eigenvalue weighted by molar-refractivity contribution is 7.71. The molecule has 140 valence electrons. The van der Waals surface area contributed by atoms with Crippen LogP contribution < -0.4 is 4.74 Å². The third kappa shape index (κ3) is 3.55. The van der Waals surface area contributed by atoms with Gasteiger partial charge in [-0.15, -0.1) is 0 Å². The molecule has 0 N–H and O–H groups in total. The quantitative estimate of drug-likeness (QED) is 0.614. The average molecular weight is 381 g/mol. The monoisotopic (exact) mass is 380 g/mol. The lowest BCUT2D eigenvalue weighted by Crippen LogP contribution is -2.27. The van der Waals surface area contributed by atoms with E-state index < -0.39 is 0 Å². The maximum atomic E-state index is 5.67. The molecule has 5 nitrogen and oxygen atoms in total. The van der Waals surface area contributed by atoms with Crippen molar-refractivity contribution in [3.05, 3.63) is 64.9 Å². The minimum atomic E-state index is 0.426. The van der Waals surface area contributed by atoms with Crippen molar-refractivity contribution < 1.29 is 4.74 Å². The fraction of sp³-hybridized carbons (Fsp3) is 0.333. The van der Waals surface area contributed by atoms with Gasteiger partial charge in [0.1, 0.15) is 5.75 Å². The van der Waals surface area contributed by atoms with Crippen LogP contribution in [0.4, 0.5) is 0 Å². The van der Waals surface area contributed by atoms with Crippen LogP contribution >= 0.6 is 12.2 Å². The average Bonchev–Trinajstić information content (AvgIpc) is 3.29. The summed E-state index contributed by atoms with van der Waals surface area (Å²) in [5, 5.41) is 4.82. The van der Waals surface area contributed by atoms with Crippen molar-refractivity contribution in [1.82, 2.24) is 19.2 Å². The van der Waals surface area contributed by atoms with Crippen molar-refractivity contribution in [2.24, 2.45) is 7.05 Å². The lowest BCUT2D eigenvalue weighted by Gasteiger charge is -2.24. The lowest BCUT2D eigenvalue weighted by molar-refractivity contribution is 0.190. The zero-order valence-electron chi connectivity index (χ0n) is 15.7. The molecule has 0 unspecified atom stereocenters. The fourth-order valence-electron chi connectivity index (χ4n) is 3.81. The second-order valence-electron chi connectivity index (χ2n) is 6.92. The van der Waals surface area contributed by atoms with E-state index in [1.54, 1.807) is 7.11 Å². The van der Waals surface area contributed by atoms with Gasteiger partial charge in [0.25, 0.3) is 0 Å². The second kappa shape index (κ2) is 7.66. The Labute approximate surface area is 164 Å². The van der Waals surface area contributed by atoms with E-state index in [0.717, 1.165) is 28.5 Å². The molecule has 2 heterocycles. The Morgan fingerprint density at radius 1 is 1.15 bits per heavy atom. The van der Waals surface area contributed by atoms with Gasteiger partial charge in [0, 0.05) is 25.2 Å². The summed E-state index contributed by atoms with van der Waals surface area (Å²) in [6.45, 7) is 1.77. The molecule has 4 rings (SSSR count). The number of nitrogens with zero attached hydrogens (tertiary/aromatic N) is 4. The van der Waals surface area contributed by atoms with Crippen LogP contribution in [0.5, 0.6) is 5.75 Å². The Bertz CT molecular complexity index is 979. The maximum Gasteiger partial charge on any atom is 0.199 e. The van der Waals surface area contributed by atoms with E-state index in [2.05, 4.69) is 35.2 Å². The molecule has 0 radical (unpaired) electrons. The number of aromatic nitrogens is 3. The standard InChI is InChI=1S/C21H24N4OS/c1-23-20(17-10-6-11-18(14-17)26-2)22-25(21(23)27)15-24-13-7-12-19(24)16-8-4-3-5-9-16/h3-6,8-11,14,19H,7,12-13,15H2,1-2H3/t19-/m0/s1. The first-order chi connectivity index (χ1) is 13.2. The molecule has 1 atom stereocenters. The summed E-state index contributed by atoms with van der Waals surface area (Å²) in [5.74, 6) is 1.67. The van der Waals surface area contributed by atoms with Crippen molar-refractivity contribution >= 4 is 12.2 Å². The Balaban J connectivity index is 1.62. The first-order valence-corrected chi connectivity index (χ1v) is 9.65. The Morgan fingerprint density at radius 2 is 1.96 bits per heavy atom. The van der Waals surface area contributed by atoms with Crippen molar-refractivity contribution in [2.45, 2.75) is 25.6 Å². The van der Waals surface area contributed by atoms with Gasteiger partial charge in [0.05, 0.1) is 13.8 Å². The molecule has 0 aliphatic carbocycles. The molecule has 1 aromatic heterocycles. The van der Waals surface area contributed by atoms with Gasteiger partial charge in [-0.3, -0.25) is 4.90 Å². The van der Waals surface area contributed by atoms with Crippen LogP contribution in [0.25, 0.3) is 11.4 Å². The summed E-state index contributed by atoms with van der Waals surface area (Å²) in [7, 11) is 3.65. The molecule has 1 aliphatic rings. The van der Waals surface area contributed by atoms with E-state index in [1.165, 1.54) is 18.4 Å². The van der Waals surface area contributed by atoms with Crippen LogP contribution in [0.15, 0.2) is 54.6 Å². The first-order valence-electron chi connectivity index (χ1n) is 9.24. The smallest absolute Gasteiger partial charge is 0.199 e. The Kier molecular flexibility index (Phi) is 5.09. The highest BCUT2D eigenvalue weighted by Crippen LogP contribution is 2.32. The van der Waals surface area contributed by atoms with Crippen molar-refractivity contribution in [3.8, 4) is 17.1 Å². The summed E-state index contributed by atoms with van der Waals surface area (Å²) in [6.07, 6.45) is 2.37. The third-order valence-electron chi connectivity index (χ3n) is 5.23. The predicted octanol–water partition coefficient (Wildman–Crippen LogP) is 4.42. The minimum absolute atomic E-state index is 0.426. The number of hydrogen-bond acceptors (Lipinski definition) is 4. The summed E-state index contributed by atoms with van der Waals surface area (Å²) in [5.41, 5.74) is 2.37. The van der Waals surface area contributed by atoms with E-state index in [9.17, 15) is 0 Å². The van der Waals surface area contributed by atoms with E-state index in [0.29, 0.717) is 12.7 Å². The molecular formula is C21H24N4OS. The zero-order chi connectivity index (χ0) is 18.8. The van der Waals surface area contributed by atoms with Gasteiger partial charge in [0.2, 0.25) is 0 Å². The van der Waals surface area contributed by atoms with Gasteiger partial charge >= 0.3 is 0 Å². The van der Waals surface area contributed by atoms with Gasteiger partial charge < -0.3 is 9.30 Å². The molecule has 1 aliphatic heterocycles. The van der Waals surface area contributed by atoms with Crippen LogP contribution in [0.3, 0.4) is 0 Å². The van der Waals surface area contributed by atoms with Gasteiger partial charge in [-0.05, 0) is 42.8 Å². The highest BCUT2D eigenvalue weighted by Gasteiger charge is 2.26. The topological polar surface area (TPSA) is 35.2 Å². The summed E-state index contributed by atoms with van der Waals surface area (Å²) in [4.78, 5) is 2.47. The molecule has 0 saturated carbocycles. The van der Waals surface area contributed by atoms with Crippen LogP contribution in [-0.4, -0.2) is 32.9 Å². The SMILES string of the molecule is COc1cccc(-c2nn(CN3CCC[C@H]3c3ccccc3)c(=S)n2C)c1. The van der Waals surface area contributed by atoms with Crippen LogP contribution in [0.1, 0.15) is 24.4 Å². The fourth-order valence-corrected chi connectivity index (χ4v) is 4.00. The summed E-state index contributed by atoms with van der Waals surface area (Å²) < 4.78 is 9.98. The Morgan fingerprint density at radius 3 is 2.74 bits per heavy atom. The number of ether oxygens (including phenoxy) is 1. The number of hydrogen-bond donors (Lipinski definition) is 0. The molecule has 6 heteroatoms. The Hall–Kier alpha value is -2.44. The molecule has 0 spiro atoms. The molecule has 1 saturated heterocycles. The molecule has 1 fully saturated rings. The van der Waals surface area contributed by atoms with Gasteiger partial charge in [-0.1, -0.05) is 42.5 Å². The normalized spacial score (nSPS) is 17.3. The van der Waals surface area contributed by atoms with Crippen molar-refractivity contribution in [3.63, 3.8) is 0 Å². The van der Waals surface area contributed by atoms with E-state index in [4.69, 9.17) is 22.1 Å². The van der Waals surface area contributed by atoms with Crippen molar-refractivity contribution in [2.75, 3.05) is 13.7 Å². The highest BCUT2D eigenvalue weighted by atomic mass is 32.1. The van der Waals surface area contributed by atoms with E-state index in [-0.39, 0.29) is 0 Å². The largest absolute Gasteiger partial charge is 0.497 e. The molecule has 0 bridgehead atoms. The molecule has 3 aromatic rings. The number of likely N-dealkylation sites (tertiary alicyclic amines) is 1. The first kappa shape index (κ1) is 17.9. The zero-order valence-corrected chi connectivity index (χ0v) is 16.5. The minimum Gasteiger partial charge on any atom is -0.497 e.